The number of hydrogen-bond donors (Lipinski definition) is 1. The summed E-state index contributed by atoms with van der Waals surface area (Å²) in [6.45, 7) is 9.50. The number of nitrogens with zero attached hydrogens (tertiary/aromatic N) is 2. The number of carbonyl (C=O) groups excluding carboxylic acids is 2. The number of aryl methyl sites for hydroxylation is 2. The van der Waals surface area contributed by atoms with Crippen LogP contribution in [0.15, 0.2) is 83.8 Å². The van der Waals surface area contributed by atoms with E-state index in [2.05, 4.69) is 5.32 Å². The minimum absolute atomic E-state index is 0.0514. The van der Waals surface area contributed by atoms with E-state index in [-0.39, 0.29) is 23.4 Å². The van der Waals surface area contributed by atoms with E-state index in [1.807, 2.05) is 71.0 Å². The molecule has 0 aliphatic heterocycles. The first kappa shape index (κ1) is 30.9. The van der Waals surface area contributed by atoms with E-state index in [4.69, 9.17) is 0 Å². The molecule has 3 aromatic rings. The average molecular weight is 564 g/mol. The van der Waals surface area contributed by atoms with E-state index < -0.39 is 28.5 Å². The van der Waals surface area contributed by atoms with E-state index in [0.29, 0.717) is 12.1 Å². The Morgan fingerprint density at radius 1 is 0.850 bits per heavy atom. The second-order valence-electron chi connectivity index (χ2n) is 10.1. The van der Waals surface area contributed by atoms with Gasteiger partial charge in [-0.3, -0.25) is 13.9 Å². The number of anilines is 1. The predicted octanol–water partition coefficient (Wildman–Crippen LogP) is 5.47. The zero-order valence-corrected chi connectivity index (χ0v) is 24.9. The Hall–Kier alpha value is -3.65. The van der Waals surface area contributed by atoms with Crippen molar-refractivity contribution in [1.29, 1.82) is 0 Å². The molecule has 3 aromatic carbocycles. The number of hydrogen-bond acceptors (Lipinski definition) is 4. The van der Waals surface area contributed by atoms with E-state index >= 15 is 0 Å². The van der Waals surface area contributed by atoms with Gasteiger partial charge in [-0.15, -0.1) is 0 Å². The molecule has 0 aromatic heterocycles. The van der Waals surface area contributed by atoms with Crippen molar-refractivity contribution in [3.05, 3.63) is 95.6 Å². The third kappa shape index (κ3) is 7.72. The molecule has 0 aliphatic rings. The molecule has 0 fully saturated rings. The van der Waals surface area contributed by atoms with Gasteiger partial charge in [0, 0.05) is 12.6 Å². The van der Waals surface area contributed by atoms with E-state index in [1.54, 1.807) is 30.3 Å². The molecule has 0 spiro atoms. The maximum Gasteiger partial charge on any atom is 0.264 e. The molecule has 2 atom stereocenters. The number of sulfonamides is 1. The Kier molecular flexibility index (Phi) is 10.9. The summed E-state index contributed by atoms with van der Waals surface area (Å²) in [6, 6.07) is 22.2. The van der Waals surface area contributed by atoms with Crippen LogP contribution in [-0.2, 0) is 32.6 Å². The van der Waals surface area contributed by atoms with Gasteiger partial charge in [0.1, 0.15) is 12.6 Å². The molecule has 0 bridgehead atoms. The van der Waals surface area contributed by atoms with E-state index in [0.717, 1.165) is 33.8 Å². The maximum absolute atomic E-state index is 14.1. The highest BCUT2D eigenvalue weighted by molar-refractivity contribution is 7.92. The quantitative estimate of drug-likeness (QED) is 0.299. The van der Waals surface area contributed by atoms with Crippen molar-refractivity contribution in [2.24, 2.45) is 0 Å². The lowest BCUT2D eigenvalue weighted by molar-refractivity contribution is -0.140. The second kappa shape index (κ2) is 14.1. The molecular weight excluding hydrogens is 522 g/mol. The van der Waals surface area contributed by atoms with Crippen molar-refractivity contribution in [2.75, 3.05) is 10.8 Å². The van der Waals surface area contributed by atoms with Crippen molar-refractivity contribution in [3.8, 4) is 0 Å². The standard InChI is InChI=1S/C32H41N3O4S/c1-6-25(5)33-32(37)30(8-3)34(22-27-14-12-13-24(4)21-27)31(36)23-35(28-19-17-26(7-2)18-20-28)40(38,39)29-15-10-9-11-16-29/h9-21,25,30H,6-8,22-23H2,1-5H3,(H,33,37)/t25-,30-/m0/s1. The summed E-state index contributed by atoms with van der Waals surface area (Å²) >= 11 is 0. The molecular formula is C32H41N3O4S. The van der Waals surface area contributed by atoms with Gasteiger partial charge in [-0.05, 0) is 68.5 Å². The van der Waals surface area contributed by atoms with Crippen LogP contribution in [0.2, 0.25) is 0 Å². The zero-order chi connectivity index (χ0) is 29.3. The lowest BCUT2D eigenvalue weighted by Gasteiger charge is -2.33. The fourth-order valence-electron chi connectivity index (χ4n) is 4.51. The van der Waals surface area contributed by atoms with Crippen molar-refractivity contribution >= 4 is 27.5 Å². The molecule has 40 heavy (non-hydrogen) atoms. The van der Waals surface area contributed by atoms with Gasteiger partial charge in [0.05, 0.1) is 10.6 Å². The van der Waals surface area contributed by atoms with Gasteiger partial charge in [-0.1, -0.05) is 80.9 Å². The summed E-state index contributed by atoms with van der Waals surface area (Å²) in [4.78, 5) is 29.1. The van der Waals surface area contributed by atoms with Crippen LogP contribution in [0.1, 0.15) is 57.2 Å². The minimum atomic E-state index is -4.07. The number of rotatable bonds is 13. The van der Waals surface area contributed by atoms with Gasteiger partial charge >= 0.3 is 0 Å². The van der Waals surface area contributed by atoms with Crippen LogP contribution in [0.25, 0.3) is 0 Å². The summed E-state index contributed by atoms with van der Waals surface area (Å²) in [5.41, 5.74) is 3.35. The molecule has 2 amide bonds. The Morgan fingerprint density at radius 3 is 2.10 bits per heavy atom. The Bertz CT molecular complexity index is 1370. The van der Waals surface area contributed by atoms with Gasteiger partial charge in [-0.2, -0.15) is 0 Å². The highest BCUT2D eigenvalue weighted by Gasteiger charge is 2.34. The molecule has 8 heteroatoms. The van der Waals surface area contributed by atoms with E-state index in [9.17, 15) is 18.0 Å². The smallest absolute Gasteiger partial charge is 0.264 e. The maximum atomic E-state index is 14.1. The molecule has 0 saturated carbocycles. The van der Waals surface area contributed by atoms with Gasteiger partial charge < -0.3 is 10.2 Å². The summed E-state index contributed by atoms with van der Waals surface area (Å²) in [7, 11) is -4.07. The number of benzene rings is 3. The van der Waals surface area contributed by atoms with Gasteiger partial charge in [0.2, 0.25) is 11.8 Å². The van der Waals surface area contributed by atoms with Crippen molar-refractivity contribution in [3.63, 3.8) is 0 Å². The number of amides is 2. The summed E-state index contributed by atoms with van der Waals surface area (Å²) < 4.78 is 28.9. The highest BCUT2D eigenvalue weighted by atomic mass is 32.2. The average Bonchev–Trinajstić information content (AvgIpc) is 2.96. The first-order chi connectivity index (χ1) is 19.1. The van der Waals surface area contributed by atoms with Crippen molar-refractivity contribution in [2.45, 2.75) is 77.4 Å². The lowest BCUT2D eigenvalue weighted by atomic mass is 10.1. The summed E-state index contributed by atoms with van der Waals surface area (Å²) in [5, 5.41) is 3.00. The third-order valence-electron chi connectivity index (χ3n) is 7.06. The van der Waals surface area contributed by atoms with Crippen LogP contribution in [-0.4, -0.2) is 43.8 Å². The van der Waals surface area contributed by atoms with Gasteiger partial charge in [-0.25, -0.2) is 8.42 Å². The van der Waals surface area contributed by atoms with Crippen LogP contribution in [0.3, 0.4) is 0 Å². The second-order valence-corrected chi connectivity index (χ2v) is 12.0. The molecule has 0 saturated heterocycles. The molecule has 0 aliphatic carbocycles. The van der Waals surface area contributed by atoms with E-state index in [1.165, 1.54) is 17.0 Å². The fourth-order valence-corrected chi connectivity index (χ4v) is 5.95. The molecule has 0 radical (unpaired) electrons. The summed E-state index contributed by atoms with van der Waals surface area (Å²) in [6.07, 6.45) is 1.94. The zero-order valence-electron chi connectivity index (χ0n) is 24.1. The van der Waals surface area contributed by atoms with Crippen LogP contribution >= 0.6 is 0 Å². The molecule has 0 heterocycles. The van der Waals surface area contributed by atoms with Crippen molar-refractivity contribution < 1.29 is 18.0 Å². The van der Waals surface area contributed by atoms with Gasteiger partial charge in [0.15, 0.2) is 0 Å². The predicted molar refractivity (Wildman–Crippen MR) is 160 cm³/mol. The Labute approximate surface area is 239 Å². The van der Waals surface area contributed by atoms with Crippen molar-refractivity contribution in [1.82, 2.24) is 10.2 Å². The number of nitrogens with one attached hydrogen (secondary N) is 1. The largest absolute Gasteiger partial charge is 0.352 e. The normalized spacial score (nSPS) is 12.8. The number of carbonyl (C=O) groups is 2. The van der Waals surface area contributed by atoms with Crippen LogP contribution in [0.5, 0.6) is 0 Å². The summed E-state index contributed by atoms with van der Waals surface area (Å²) in [5.74, 6) is -0.700. The van der Waals surface area contributed by atoms with Gasteiger partial charge in [0.25, 0.3) is 10.0 Å². The molecule has 1 N–H and O–H groups in total. The topological polar surface area (TPSA) is 86.8 Å². The molecule has 0 unspecified atom stereocenters. The monoisotopic (exact) mass is 563 g/mol. The van der Waals surface area contributed by atoms with Crippen LogP contribution in [0.4, 0.5) is 5.69 Å². The SMILES string of the molecule is CCc1ccc(N(CC(=O)N(Cc2cccc(C)c2)[C@@H](CC)C(=O)N[C@@H](C)CC)S(=O)(=O)c2ccccc2)cc1. The Balaban J connectivity index is 2.05. The third-order valence-corrected chi connectivity index (χ3v) is 8.85. The molecule has 3 rings (SSSR count). The molecule has 214 valence electrons. The highest BCUT2D eigenvalue weighted by Crippen LogP contribution is 2.25. The minimum Gasteiger partial charge on any atom is -0.352 e. The first-order valence-electron chi connectivity index (χ1n) is 13.9. The molecule has 7 nitrogen and oxygen atoms in total. The Morgan fingerprint density at radius 2 is 1.52 bits per heavy atom. The lowest BCUT2D eigenvalue weighted by Crippen LogP contribution is -2.53. The first-order valence-corrected chi connectivity index (χ1v) is 15.4. The fraction of sp³-hybridized carbons (Fsp3) is 0.375. The van der Waals surface area contributed by atoms with Crippen LogP contribution < -0.4 is 9.62 Å². The van der Waals surface area contributed by atoms with Crippen LogP contribution in [0, 0.1) is 6.92 Å².